The first-order valence-corrected chi connectivity index (χ1v) is 22.0. The van der Waals surface area contributed by atoms with Gasteiger partial charge < -0.3 is 9.80 Å². The van der Waals surface area contributed by atoms with E-state index in [1.807, 2.05) is 0 Å². The molecule has 12 aromatic carbocycles. The van der Waals surface area contributed by atoms with E-state index in [1.165, 1.54) is 76.1 Å². The lowest BCUT2D eigenvalue weighted by atomic mass is 9.82. The van der Waals surface area contributed by atoms with Crippen molar-refractivity contribution < 1.29 is 0 Å². The van der Waals surface area contributed by atoms with Gasteiger partial charge in [0.15, 0.2) is 0 Å². The van der Waals surface area contributed by atoms with E-state index in [9.17, 15) is 0 Å². The summed E-state index contributed by atoms with van der Waals surface area (Å²) in [5.74, 6) is 0. The molecule has 12 aromatic rings. The Morgan fingerprint density at radius 2 is 0.484 bits per heavy atom. The topological polar surface area (TPSA) is 6.48 Å². The van der Waals surface area contributed by atoms with Crippen LogP contribution in [0, 0.1) is 0 Å². The van der Waals surface area contributed by atoms with Crippen LogP contribution in [0.1, 0.15) is 0 Å². The molecule has 0 saturated heterocycles. The number of hydrogen-bond acceptors (Lipinski definition) is 2. The first-order valence-electron chi connectivity index (χ1n) is 22.0. The molecule has 0 atom stereocenters. The SMILES string of the molecule is c1ccc(N(c2ccccc2)c2ccc(-c3c4ccccc4c(-c4ccc(N(c5ccccc5)c5ccccc5)c5ccccc45)c4cc5ccccc5cc34)c3ccccc23)cc1. The lowest BCUT2D eigenvalue weighted by Crippen LogP contribution is -2.10. The molecule has 0 heterocycles. The van der Waals surface area contributed by atoms with Gasteiger partial charge in [0.2, 0.25) is 0 Å². The van der Waals surface area contributed by atoms with Gasteiger partial charge in [-0.2, -0.15) is 0 Å². The van der Waals surface area contributed by atoms with Crippen LogP contribution in [0.2, 0.25) is 0 Å². The number of rotatable bonds is 8. The summed E-state index contributed by atoms with van der Waals surface area (Å²) in [6.45, 7) is 0. The van der Waals surface area contributed by atoms with Crippen LogP contribution in [-0.2, 0) is 0 Å². The van der Waals surface area contributed by atoms with E-state index in [0.29, 0.717) is 0 Å². The molecule has 0 radical (unpaired) electrons. The quantitative estimate of drug-likeness (QED) is 0.141. The van der Waals surface area contributed by atoms with Crippen molar-refractivity contribution >= 4 is 88.0 Å². The van der Waals surface area contributed by atoms with E-state index < -0.39 is 0 Å². The third kappa shape index (κ3) is 6.27. The predicted octanol–water partition coefficient (Wildman–Crippen LogP) is 17.7. The van der Waals surface area contributed by atoms with Crippen molar-refractivity contribution in [3.05, 3.63) is 255 Å². The first-order chi connectivity index (χ1) is 31.8. The normalized spacial score (nSPS) is 11.4. The fourth-order valence-corrected chi connectivity index (χ4v) is 10.00. The first kappa shape index (κ1) is 37.3. The molecule has 0 N–H and O–H groups in total. The van der Waals surface area contributed by atoms with E-state index in [0.717, 1.165) is 34.1 Å². The van der Waals surface area contributed by atoms with Crippen molar-refractivity contribution in [1.82, 2.24) is 0 Å². The molecule has 0 bridgehead atoms. The number of benzene rings is 12. The molecule has 0 spiro atoms. The predicted molar refractivity (Wildman–Crippen MR) is 274 cm³/mol. The van der Waals surface area contributed by atoms with Crippen LogP contribution < -0.4 is 9.80 Å². The molecule has 0 saturated carbocycles. The molecule has 0 unspecified atom stereocenters. The van der Waals surface area contributed by atoms with Gasteiger partial charge in [-0.25, -0.2) is 0 Å². The van der Waals surface area contributed by atoms with E-state index in [4.69, 9.17) is 0 Å². The number of para-hydroxylation sites is 4. The molecule has 0 fully saturated rings. The van der Waals surface area contributed by atoms with Gasteiger partial charge >= 0.3 is 0 Å². The second-order valence-electron chi connectivity index (χ2n) is 16.4. The fourth-order valence-electron chi connectivity index (χ4n) is 10.00. The summed E-state index contributed by atoms with van der Waals surface area (Å²) in [5, 5.41) is 12.2. The van der Waals surface area contributed by atoms with Crippen molar-refractivity contribution in [2.24, 2.45) is 0 Å². The number of anilines is 6. The van der Waals surface area contributed by atoms with Gasteiger partial charge in [-0.3, -0.25) is 0 Å². The molecule has 0 aliphatic rings. The minimum absolute atomic E-state index is 1.12. The standard InChI is InChI=1S/C62H42N2/c1-5-23-45(24-6-1)63(46-25-7-2-8-26-46)59-39-37-55(49-31-15-17-33-51(49)59)61-53-35-19-20-36-54(53)62(58-42-44-22-14-13-21-43(44)41-57(58)61)56-38-40-60(52-34-18-16-32-50(52)56)64(47-27-9-3-10-28-47)48-29-11-4-12-30-48/h1-42H. The zero-order valence-electron chi connectivity index (χ0n) is 35.1. The fraction of sp³-hybridized carbons (Fsp3) is 0. The molecular formula is C62H42N2. The van der Waals surface area contributed by atoms with Gasteiger partial charge in [0.1, 0.15) is 0 Å². The third-order valence-corrected chi connectivity index (χ3v) is 12.8. The van der Waals surface area contributed by atoms with Crippen molar-refractivity contribution in [2.75, 3.05) is 9.80 Å². The summed E-state index contributed by atoms with van der Waals surface area (Å²) < 4.78 is 0. The average Bonchev–Trinajstić information content (AvgIpc) is 3.37. The van der Waals surface area contributed by atoms with E-state index in [1.54, 1.807) is 0 Å². The highest BCUT2D eigenvalue weighted by molar-refractivity contribution is 6.28. The van der Waals surface area contributed by atoms with Crippen LogP contribution in [0.25, 0.3) is 76.1 Å². The maximum atomic E-state index is 2.43. The molecule has 0 aliphatic heterocycles. The van der Waals surface area contributed by atoms with Crippen LogP contribution in [0.4, 0.5) is 34.1 Å². The van der Waals surface area contributed by atoms with Gasteiger partial charge in [-0.1, -0.05) is 182 Å². The van der Waals surface area contributed by atoms with E-state index in [-0.39, 0.29) is 0 Å². The Morgan fingerprint density at radius 1 is 0.203 bits per heavy atom. The van der Waals surface area contributed by atoms with Crippen LogP contribution in [0.5, 0.6) is 0 Å². The molecule has 64 heavy (non-hydrogen) atoms. The van der Waals surface area contributed by atoms with Gasteiger partial charge in [-0.15, -0.1) is 0 Å². The number of nitrogens with zero attached hydrogens (tertiary/aromatic N) is 2. The molecule has 2 nitrogen and oxygen atoms in total. The number of fused-ring (bicyclic) bond motifs is 5. The zero-order valence-corrected chi connectivity index (χ0v) is 35.1. The average molecular weight is 815 g/mol. The Hall–Kier alpha value is -8.46. The van der Waals surface area contributed by atoms with Crippen LogP contribution in [0.15, 0.2) is 255 Å². The monoisotopic (exact) mass is 814 g/mol. The molecule has 0 aliphatic carbocycles. The van der Waals surface area contributed by atoms with Crippen molar-refractivity contribution in [3.63, 3.8) is 0 Å². The molecule has 2 heteroatoms. The van der Waals surface area contributed by atoms with Crippen molar-refractivity contribution in [1.29, 1.82) is 0 Å². The van der Waals surface area contributed by atoms with Crippen LogP contribution in [0.3, 0.4) is 0 Å². The van der Waals surface area contributed by atoms with E-state index >= 15 is 0 Å². The summed E-state index contributed by atoms with van der Waals surface area (Å²) in [4.78, 5) is 4.76. The molecule has 12 rings (SSSR count). The molecular weight excluding hydrogens is 773 g/mol. The van der Waals surface area contributed by atoms with Crippen LogP contribution in [-0.4, -0.2) is 0 Å². The Bertz CT molecular complexity index is 3340. The lowest BCUT2D eigenvalue weighted by molar-refractivity contribution is 1.30. The zero-order chi connectivity index (χ0) is 42.4. The van der Waals surface area contributed by atoms with E-state index in [2.05, 4.69) is 265 Å². The minimum Gasteiger partial charge on any atom is -0.310 e. The highest BCUT2D eigenvalue weighted by Gasteiger charge is 2.24. The molecule has 0 aromatic heterocycles. The third-order valence-electron chi connectivity index (χ3n) is 12.8. The Balaban J connectivity index is 1.15. The Labute approximate surface area is 373 Å². The minimum atomic E-state index is 1.12. The van der Waals surface area contributed by atoms with Crippen molar-refractivity contribution in [3.8, 4) is 22.3 Å². The summed E-state index contributed by atoms with van der Waals surface area (Å²) in [6.07, 6.45) is 0. The highest BCUT2D eigenvalue weighted by Crippen LogP contribution is 2.51. The maximum Gasteiger partial charge on any atom is 0.0540 e. The second-order valence-corrected chi connectivity index (χ2v) is 16.4. The van der Waals surface area contributed by atoms with Gasteiger partial charge in [-0.05, 0) is 138 Å². The summed E-state index contributed by atoms with van der Waals surface area (Å²) in [7, 11) is 0. The lowest BCUT2D eigenvalue weighted by Gasteiger charge is -2.28. The number of hydrogen-bond donors (Lipinski definition) is 0. The summed E-state index contributed by atoms with van der Waals surface area (Å²) >= 11 is 0. The summed E-state index contributed by atoms with van der Waals surface area (Å²) in [5.41, 5.74) is 11.7. The van der Waals surface area contributed by atoms with Gasteiger partial charge in [0.05, 0.1) is 11.4 Å². The molecule has 0 amide bonds. The Kier molecular flexibility index (Phi) is 9.20. The highest BCUT2D eigenvalue weighted by atomic mass is 15.1. The summed E-state index contributed by atoms with van der Waals surface area (Å²) in [6, 6.07) is 92.7. The van der Waals surface area contributed by atoms with Crippen molar-refractivity contribution in [2.45, 2.75) is 0 Å². The molecule has 300 valence electrons. The smallest absolute Gasteiger partial charge is 0.0540 e. The Morgan fingerprint density at radius 3 is 0.828 bits per heavy atom. The van der Waals surface area contributed by atoms with Gasteiger partial charge in [0, 0.05) is 33.5 Å². The second kappa shape index (κ2) is 15.8. The largest absolute Gasteiger partial charge is 0.310 e. The van der Waals surface area contributed by atoms with Gasteiger partial charge in [0.25, 0.3) is 0 Å². The van der Waals surface area contributed by atoms with Crippen LogP contribution >= 0.6 is 0 Å². The maximum absolute atomic E-state index is 2.43.